The highest BCUT2D eigenvalue weighted by Crippen LogP contribution is 2.27. The van der Waals surface area contributed by atoms with E-state index in [1.54, 1.807) is 0 Å². The third-order valence-electron chi connectivity index (χ3n) is 4.46. The third-order valence-corrected chi connectivity index (χ3v) is 6.50. The van der Waals surface area contributed by atoms with Gasteiger partial charge in [-0.25, -0.2) is 8.42 Å². The van der Waals surface area contributed by atoms with Crippen molar-refractivity contribution in [3.63, 3.8) is 0 Å². The van der Waals surface area contributed by atoms with Gasteiger partial charge in [-0.05, 0) is 44.3 Å². The monoisotopic (exact) mass is 505 g/mol. The van der Waals surface area contributed by atoms with E-state index in [0.29, 0.717) is 19.0 Å². The van der Waals surface area contributed by atoms with Crippen molar-refractivity contribution in [2.75, 3.05) is 31.4 Å². The molecule has 1 aliphatic carbocycles. The molecule has 0 aromatic rings. The Kier molecular flexibility index (Phi) is 12.0. The molecule has 25 heavy (non-hydrogen) atoms. The summed E-state index contributed by atoms with van der Waals surface area (Å²) in [5.41, 5.74) is -0.125. The van der Waals surface area contributed by atoms with Gasteiger partial charge in [0.15, 0.2) is 5.96 Å². The lowest BCUT2D eigenvalue weighted by Gasteiger charge is -2.30. The molecule has 2 unspecified atom stereocenters. The van der Waals surface area contributed by atoms with Gasteiger partial charge in [0.25, 0.3) is 0 Å². The molecule has 0 aromatic carbocycles. The van der Waals surface area contributed by atoms with Crippen molar-refractivity contribution < 1.29 is 8.42 Å². The highest BCUT2D eigenvalue weighted by atomic mass is 127. The van der Waals surface area contributed by atoms with Crippen LogP contribution in [0.1, 0.15) is 52.9 Å². The summed E-state index contributed by atoms with van der Waals surface area (Å²) in [7, 11) is -2.92. The van der Waals surface area contributed by atoms with Gasteiger partial charge < -0.3 is 10.6 Å². The van der Waals surface area contributed by atoms with Gasteiger partial charge in [0, 0.05) is 30.6 Å². The van der Waals surface area contributed by atoms with E-state index in [4.69, 9.17) is 4.99 Å². The van der Waals surface area contributed by atoms with E-state index in [-0.39, 0.29) is 35.1 Å². The lowest BCUT2D eigenvalue weighted by atomic mass is 9.90. The highest BCUT2D eigenvalue weighted by Gasteiger charge is 2.23. The van der Waals surface area contributed by atoms with Crippen LogP contribution < -0.4 is 10.6 Å². The number of guanidine groups is 1. The van der Waals surface area contributed by atoms with Crippen LogP contribution in [0.2, 0.25) is 0 Å². The van der Waals surface area contributed by atoms with E-state index in [0.717, 1.165) is 17.8 Å². The summed E-state index contributed by atoms with van der Waals surface area (Å²) in [6, 6.07) is 0.480. The molecular weight excluding hydrogens is 469 g/mol. The Morgan fingerprint density at radius 1 is 1.32 bits per heavy atom. The SMILES string of the molecule is CCNC(=NCC(C)(C)CCS(C)(=O)=O)NC1CCCC(SC)C1.I. The standard InChI is InChI=1S/C17H35N3O2S2.HI/c1-6-18-16(20-14-8-7-9-15(12-14)23-4)19-13-17(2,3)10-11-24(5,21)22;/h14-15H,6-13H2,1-5H3,(H2,18,19,20);1H. The molecule has 0 bridgehead atoms. The maximum absolute atomic E-state index is 11.4. The Morgan fingerprint density at radius 2 is 2.00 bits per heavy atom. The minimum absolute atomic E-state index is 0. The maximum atomic E-state index is 11.4. The van der Waals surface area contributed by atoms with Crippen LogP contribution in [0.25, 0.3) is 0 Å². The molecule has 5 nitrogen and oxygen atoms in total. The third kappa shape index (κ3) is 11.6. The molecule has 0 aromatic heterocycles. The van der Waals surface area contributed by atoms with E-state index < -0.39 is 9.84 Å². The fourth-order valence-electron chi connectivity index (χ4n) is 2.84. The summed E-state index contributed by atoms with van der Waals surface area (Å²) in [5, 5.41) is 7.64. The molecule has 1 saturated carbocycles. The number of thioether (sulfide) groups is 1. The average molecular weight is 506 g/mol. The molecule has 0 radical (unpaired) electrons. The number of nitrogens with zero attached hydrogens (tertiary/aromatic N) is 1. The van der Waals surface area contributed by atoms with Crippen LogP contribution in [-0.2, 0) is 9.84 Å². The molecular formula is C17H36IN3O2S2. The second kappa shape index (κ2) is 11.9. The number of sulfone groups is 1. The lowest BCUT2D eigenvalue weighted by molar-refractivity contribution is 0.363. The van der Waals surface area contributed by atoms with E-state index in [1.165, 1.54) is 31.9 Å². The summed E-state index contributed by atoms with van der Waals surface area (Å²) < 4.78 is 22.8. The van der Waals surface area contributed by atoms with Gasteiger partial charge in [0.2, 0.25) is 0 Å². The first-order valence-corrected chi connectivity index (χ1v) is 12.3. The molecule has 1 aliphatic rings. The minimum Gasteiger partial charge on any atom is -0.357 e. The molecule has 8 heteroatoms. The van der Waals surface area contributed by atoms with Gasteiger partial charge in [-0.2, -0.15) is 11.8 Å². The Morgan fingerprint density at radius 3 is 2.56 bits per heavy atom. The molecule has 1 fully saturated rings. The highest BCUT2D eigenvalue weighted by molar-refractivity contribution is 14.0. The fraction of sp³-hybridized carbons (Fsp3) is 0.941. The van der Waals surface area contributed by atoms with Gasteiger partial charge in [-0.3, -0.25) is 4.99 Å². The zero-order valence-electron chi connectivity index (χ0n) is 16.3. The van der Waals surface area contributed by atoms with Gasteiger partial charge in [-0.1, -0.05) is 20.3 Å². The number of aliphatic imine (C=N–C) groups is 1. The summed E-state index contributed by atoms with van der Waals surface area (Å²) in [5.74, 6) is 1.08. The molecule has 0 amide bonds. The van der Waals surface area contributed by atoms with Crippen molar-refractivity contribution >= 4 is 51.5 Å². The average Bonchev–Trinajstić information content (AvgIpc) is 2.51. The van der Waals surface area contributed by atoms with Gasteiger partial charge in [-0.15, -0.1) is 24.0 Å². The quantitative estimate of drug-likeness (QED) is 0.301. The molecule has 0 spiro atoms. The lowest BCUT2D eigenvalue weighted by Crippen LogP contribution is -2.46. The number of hydrogen-bond donors (Lipinski definition) is 2. The van der Waals surface area contributed by atoms with Crippen molar-refractivity contribution in [3.8, 4) is 0 Å². The predicted octanol–water partition coefficient (Wildman–Crippen LogP) is 3.29. The summed E-state index contributed by atoms with van der Waals surface area (Å²) in [6.45, 7) is 7.67. The second-order valence-electron chi connectivity index (χ2n) is 7.60. The van der Waals surface area contributed by atoms with E-state index in [9.17, 15) is 8.42 Å². The number of hydrogen-bond acceptors (Lipinski definition) is 4. The molecule has 1 rings (SSSR count). The van der Waals surface area contributed by atoms with Crippen molar-refractivity contribution in [1.29, 1.82) is 0 Å². The van der Waals surface area contributed by atoms with Crippen LogP contribution in [0.3, 0.4) is 0 Å². The number of rotatable bonds is 8. The van der Waals surface area contributed by atoms with Crippen LogP contribution in [0, 0.1) is 5.41 Å². The zero-order valence-corrected chi connectivity index (χ0v) is 20.3. The van der Waals surface area contributed by atoms with E-state index in [1.807, 2.05) is 11.8 Å². The van der Waals surface area contributed by atoms with E-state index >= 15 is 0 Å². The second-order valence-corrected chi connectivity index (χ2v) is 11.0. The molecule has 150 valence electrons. The Labute approximate surface area is 175 Å². The Balaban J connectivity index is 0.00000576. The smallest absolute Gasteiger partial charge is 0.191 e. The van der Waals surface area contributed by atoms with Gasteiger partial charge in [0.1, 0.15) is 9.84 Å². The largest absolute Gasteiger partial charge is 0.357 e. The minimum atomic E-state index is -2.92. The van der Waals surface area contributed by atoms with E-state index in [2.05, 4.69) is 37.7 Å². The number of nitrogens with one attached hydrogen (secondary N) is 2. The zero-order chi connectivity index (χ0) is 18.2. The molecule has 2 N–H and O–H groups in total. The Bertz CT molecular complexity index is 510. The first kappa shape index (κ1) is 25.3. The maximum Gasteiger partial charge on any atom is 0.191 e. The van der Waals surface area contributed by atoms with Crippen LogP contribution in [0.5, 0.6) is 0 Å². The topological polar surface area (TPSA) is 70.6 Å². The van der Waals surface area contributed by atoms with Crippen molar-refractivity contribution in [2.45, 2.75) is 64.2 Å². The molecule has 2 atom stereocenters. The van der Waals surface area contributed by atoms with Crippen LogP contribution in [0.4, 0.5) is 0 Å². The van der Waals surface area contributed by atoms with Crippen molar-refractivity contribution in [3.05, 3.63) is 0 Å². The summed E-state index contributed by atoms with van der Waals surface area (Å²) in [6.07, 6.45) is 9.07. The molecule has 0 heterocycles. The fourth-order valence-corrected chi connectivity index (χ4v) is 4.59. The first-order valence-electron chi connectivity index (χ1n) is 8.90. The van der Waals surface area contributed by atoms with Gasteiger partial charge >= 0.3 is 0 Å². The van der Waals surface area contributed by atoms with Crippen molar-refractivity contribution in [1.82, 2.24) is 10.6 Å². The molecule has 0 aliphatic heterocycles. The van der Waals surface area contributed by atoms with Crippen LogP contribution in [-0.4, -0.2) is 57.0 Å². The number of halogens is 1. The van der Waals surface area contributed by atoms with Crippen LogP contribution in [0.15, 0.2) is 4.99 Å². The van der Waals surface area contributed by atoms with Gasteiger partial charge in [0.05, 0.1) is 5.75 Å². The van der Waals surface area contributed by atoms with Crippen molar-refractivity contribution in [2.24, 2.45) is 10.4 Å². The predicted molar refractivity (Wildman–Crippen MR) is 122 cm³/mol. The molecule has 0 saturated heterocycles. The first-order chi connectivity index (χ1) is 11.1. The summed E-state index contributed by atoms with van der Waals surface area (Å²) in [4.78, 5) is 4.72. The van der Waals surface area contributed by atoms with Crippen LogP contribution >= 0.6 is 35.7 Å². The normalized spacial score (nSPS) is 22.2. The Hall–Kier alpha value is 0.300. The summed E-state index contributed by atoms with van der Waals surface area (Å²) >= 11 is 1.96.